The monoisotopic (exact) mass is 794 g/mol. The number of fused-ring (bicyclic) bond motifs is 8. The van der Waals surface area contributed by atoms with Crippen molar-refractivity contribution < 1.29 is 42.3 Å². The fraction of sp³-hybridized carbons (Fsp3) is 0.286. The second kappa shape index (κ2) is 12.7. The maximum absolute atomic E-state index is 9.38. The smallest absolute Gasteiger partial charge is 0.141 e. The van der Waals surface area contributed by atoms with Gasteiger partial charge < -0.3 is 14.4 Å². The molecule has 1 radical (unpaired) electrons. The summed E-state index contributed by atoms with van der Waals surface area (Å²) in [6.45, 7) is -4.95. The molecule has 1 aliphatic carbocycles. The van der Waals surface area contributed by atoms with E-state index in [1.54, 1.807) is 24.3 Å². The molecule has 1 aliphatic rings. The minimum atomic E-state index is -2.51. The van der Waals surface area contributed by atoms with E-state index in [-0.39, 0.29) is 53.5 Å². The summed E-state index contributed by atoms with van der Waals surface area (Å²) < 4.78 is 110. The molecule has 4 heteroatoms. The van der Waals surface area contributed by atoms with E-state index < -0.39 is 33.3 Å². The number of nitrogens with zero attached hydrogens (tertiary/aromatic N) is 2. The van der Waals surface area contributed by atoms with Gasteiger partial charge in [-0.05, 0) is 96.4 Å². The molecule has 1 saturated carbocycles. The third-order valence-electron chi connectivity index (χ3n) is 8.82. The first kappa shape index (κ1) is 19.7. The first-order valence-electron chi connectivity index (χ1n) is 21.5. The molecule has 3 aromatic heterocycles. The molecule has 235 valence electrons. The summed E-state index contributed by atoms with van der Waals surface area (Å²) in [5.41, 5.74) is 2.57. The Morgan fingerprint density at radius 1 is 0.848 bits per heavy atom. The largest absolute Gasteiger partial charge is 0.460 e. The van der Waals surface area contributed by atoms with Crippen LogP contribution in [0.4, 0.5) is 0 Å². The zero-order valence-electron chi connectivity index (χ0n) is 38.5. The molecule has 0 atom stereocenters. The molecule has 0 bridgehead atoms. The Labute approximate surface area is 304 Å². The van der Waals surface area contributed by atoms with E-state index in [0.717, 1.165) is 23.6 Å². The summed E-state index contributed by atoms with van der Waals surface area (Å²) in [6, 6.07) is 24.3. The maximum Gasteiger partial charge on any atom is 0.141 e. The van der Waals surface area contributed by atoms with Crippen molar-refractivity contribution in [1.82, 2.24) is 9.97 Å². The quantitative estimate of drug-likeness (QED) is 0.129. The molecule has 8 rings (SSSR count). The minimum Gasteiger partial charge on any atom is -0.460 e. The van der Waals surface area contributed by atoms with Crippen LogP contribution in [0.3, 0.4) is 0 Å². The van der Waals surface area contributed by atoms with Crippen molar-refractivity contribution in [2.75, 3.05) is 0 Å². The van der Waals surface area contributed by atoms with E-state index in [2.05, 4.69) is 35.9 Å². The van der Waals surface area contributed by atoms with Gasteiger partial charge in [0.15, 0.2) is 0 Å². The van der Waals surface area contributed by atoms with Crippen molar-refractivity contribution in [3.05, 3.63) is 119 Å². The van der Waals surface area contributed by atoms with Gasteiger partial charge in [0.05, 0.1) is 0 Å². The van der Waals surface area contributed by atoms with E-state index >= 15 is 0 Å². The summed E-state index contributed by atoms with van der Waals surface area (Å²) in [5.74, 6) is -1.02. The van der Waals surface area contributed by atoms with Crippen LogP contribution in [0.1, 0.15) is 91.3 Å². The number of benzene rings is 4. The first-order chi connectivity index (χ1) is 26.9. The van der Waals surface area contributed by atoms with Gasteiger partial charge in [0.2, 0.25) is 0 Å². The SMILES string of the molecule is [2H]C([2H])([2H])c1c(C2([2H])CCC(C)(C)CC2)oc2c1ccc1c3ccc[c-]c3c3nccc(C([2H])([2H])[2H])c3c12.[2H]C([2H])([2H])c1c[c-]c(-c2ccc(C([2H])([2H])[2H])cn2)cc1.[Ir]. The van der Waals surface area contributed by atoms with E-state index in [0.29, 0.717) is 56.7 Å². The van der Waals surface area contributed by atoms with Crippen molar-refractivity contribution >= 4 is 43.4 Å². The van der Waals surface area contributed by atoms with Crippen LogP contribution in [0.5, 0.6) is 0 Å². The van der Waals surface area contributed by atoms with Crippen molar-refractivity contribution in [1.29, 1.82) is 0 Å². The van der Waals surface area contributed by atoms with Gasteiger partial charge in [-0.25, -0.2) is 0 Å². The topological polar surface area (TPSA) is 38.9 Å². The number of aryl methyl sites for hydroxylation is 4. The van der Waals surface area contributed by atoms with Crippen LogP contribution in [0.25, 0.3) is 54.7 Å². The number of hydrogen-bond acceptors (Lipinski definition) is 3. The molecule has 1 fully saturated rings. The molecule has 3 heterocycles. The number of hydrogen-bond donors (Lipinski definition) is 0. The van der Waals surface area contributed by atoms with Crippen LogP contribution in [0.15, 0.2) is 83.5 Å². The molecule has 0 unspecified atom stereocenters. The summed E-state index contributed by atoms with van der Waals surface area (Å²) >= 11 is 0. The Kier molecular flexibility index (Phi) is 5.46. The fourth-order valence-corrected chi connectivity index (χ4v) is 6.24. The Bertz CT molecular complexity index is 2590. The molecule has 46 heavy (non-hydrogen) atoms. The molecule has 0 saturated heterocycles. The second-order valence-electron chi connectivity index (χ2n) is 12.4. The van der Waals surface area contributed by atoms with E-state index in [1.807, 2.05) is 18.2 Å². The van der Waals surface area contributed by atoms with Gasteiger partial charge in [0.1, 0.15) is 11.3 Å². The fourth-order valence-electron chi connectivity index (χ4n) is 6.24. The Morgan fingerprint density at radius 3 is 2.39 bits per heavy atom. The number of furan rings is 1. The van der Waals surface area contributed by atoms with Crippen LogP contribution >= 0.6 is 0 Å². The van der Waals surface area contributed by atoms with Crippen LogP contribution in [0, 0.1) is 45.0 Å². The molecule has 7 aromatic rings. The molecule has 0 spiro atoms. The van der Waals surface area contributed by atoms with Gasteiger partial charge in [0, 0.05) is 67.0 Å². The average Bonchev–Trinajstić information content (AvgIpc) is 3.57. The third-order valence-corrected chi connectivity index (χ3v) is 8.82. The molecule has 0 amide bonds. The average molecular weight is 794 g/mol. The predicted molar refractivity (Wildman–Crippen MR) is 188 cm³/mol. The zero-order valence-corrected chi connectivity index (χ0v) is 27.9. The van der Waals surface area contributed by atoms with Crippen molar-refractivity contribution in [2.45, 2.75) is 72.8 Å². The second-order valence-corrected chi connectivity index (χ2v) is 12.4. The van der Waals surface area contributed by atoms with E-state index in [9.17, 15) is 1.37 Å². The van der Waals surface area contributed by atoms with Crippen LogP contribution in [0.2, 0.25) is 0 Å². The molecule has 4 aromatic carbocycles. The first-order valence-corrected chi connectivity index (χ1v) is 15.0. The molecular weight excluding hydrogens is 741 g/mol. The van der Waals surface area contributed by atoms with Crippen LogP contribution < -0.4 is 0 Å². The summed E-state index contributed by atoms with van der Waals surface area (Å²) in [4.78, 5) is 8.64. The van der Waals surface area contributed by atoms with Gasteiger partial charge in [0.25, 0.3) is 0 Å². The van der Waals surface area contributed by atoms with Crippen molar-refractivity contribution in [3.63, 3.8) is 0 Å². The van der Waals surface area contributed by atoms with Gasteiger partial charge in [-0.3, -0.25) is 0 Å². The van der Waals surface area contributed by atoms with Crippen molar-refractivity contribution in [2.24, 2.45) is 5.41 Å². The number of pyridine rings is 2. The van der Waals surface area contributed by atoms with Gasteiger partial charge in [-0.2, -0.15) is 0 Å². The Hall–Kier alpha value is -3.85. The van der Waals surface area contributed by atoms with Crippen LogP contribution in [-0.4, -0.2) is 9.97 Å². The maximum atomic E-state index is 9.38. The third kappa shape index (κ3) is 5.90. The molecule has 3 nitrogen and oxygen atoms in total. The normalized spacial score (nSPS) is 20.7. The standard InChI is InChI=1S/C29H28NO.C13H12N.Ir/c1-17-13-16-30-26-23-8-6-5-7-21(23)22-10-9-20-18(2)27(31-28(20)25(22)24(17)26)19-11-14-29(3,4)15-12-19;1-10-3-6-12(7-4-10)13-8-5-11(2)9-14-13;/h5-7,9-10,13,16,19H,11-12,14-15H2,1-4H3;3-6,8-9H,1-2H3;/q2*-1;/i1D3,2D3,19D;1D3,2D3;. The molecule has 0 aliphatic heterocycles. The van der Waals surface area contributed by atoms with Crippen molar-refractivity contribution in [3.8, 4) is 11.3 Å². The predicted octanol–water partition coefficient (Wildman–Crippen LogP) is 11.6. The number of rotatable bonds is 2. The van der Waals surface area contributed by atoms with Gasteiger partial charge in [-0.1, -0.05) is 50.4 Å². The zero-order chi connectivity index (χ0) is 42.2. The molecular formula is C42H40IrN2O-2. The van der Waals surface area contributed by atoms with E-state index in [1.165, 1.54) is 36.7 Å². The number of aromatic nitrogens is 2. The Balaban J connectivity index is 0.000000236. The van der Waals surface area contributed by atoms with Crippen LogP contribution in [-0.2, 0) is 20.1 Å². The van der Waals surface area contributed by atoms with Gasteiger partial charge in [-0.15, -0.1) is 65.0 Å². The minimum absolute atomic E-state index is 0. The van der Waals surface area contributed by atoms with Gasteiger partial charge >= 0.3 is 0 Å². The Morgan fingerprint density at radius 2 is 1.67 bits per heavy atom. The summed E-state index contributed by atoms with van der Waals surface area (Å²) in [7, 11) is 0. The molecule has 0 N–H and O–H groups in total. The summed E-state index contributed by atoms with van der Waals surface area (Å²) in [5, 5.41) is 3.56. The van der Waals surface area contributed by atoms with E-state index in [4.69, 9.17) is 20.9 Å². The summed E-state index contributed by atoms with van der Waals surface area (Å²) in [6.07, 6.45) is 5.33.